The summed E-state index contributed by atoms with van der Waals surface area (Å²) in [6.45, 7) is 5.18. The van der Waals surface area contributed by atoms with Gasteiger partial charge in [0.2, 0.25) is 0 Å². The van der Waals surface area contributed by atoms with Crippen LogP contribution in [0.4, 0.5) is 8.78 Å². The van der Waals surface area contributed by atoms with Crippen molar-refractivity contribution in [3.63, 3.8) is 0 Å². The quantitative estimate of drug-likeness (QED) is 0.833. The highest BCUT2D eigenvalue weighted by Crippen LogP contribution is 2.32. The Kier molecular flexibility index (Phi) is 4.66. The van der Waals surface area contributed by atoms with Crippen LogP contribution in [0.1, 0.15) is 31.2 Å². The zero-order valence-electron chi connectivity index (χ0n) is 11.0. The molecule has 0 saturated carbocycles. The first-order valence-corrected chi connectivity index (χ1v) is 7.21. The largest absolute Gasteiger partial charge is 0.309 e. The first-order valence-electron chi connectivity index (χ1n) is 6.39. The van der Waals surface area contributed by atoms with Crippen LogP contribution in [0, 0.1) is 11.6 Å². The third kappa shape index (κ3) is 3.61. The standard InChI is InChI=1S/C15H17F2NS/c1-3-6-18-10(2)14-4-5-15(19-14)11-7-12(16)9-13(17)8-11/h4-5,7-10,18H,3,6H2,1-2H3. The summed E-state index contributed by atoms with van der Waals surface area (Å²) in [5, 5.41) is 3.40. The Morgan fingerprint density at radius 2 is 1.84 bits per heavy atom. The van der Waals surface area contributed by atoms with Crippen molar-refractivity contribution in [2.24, 2.45) is 0 Å². The average molecular weight is 281 g/mol. The highest BCUT2D eigenvalue weighted by Gasteiger charge is 2.10. The number of nitrogens with one attached hydrogen (secondary N) is 1. The molecule has 0 amide bonds. The summed E-state index contributed by atoms with van der Waals surface area (Å²) < 4.78 is 26.4. The van der Waals surface area contributed by atoms with Crippen molar-refractivity contribution >= 4 is 11.3 Å². The van der Waals surface area contributed by atoms with Crippen molar-refractivity contribution in [3.05, 3.63) is 46.8 Å². The molecule has 4 heteroatoms. The molecule has 1 aromatic carbocycles. The van der Waals surface area contributed by atoms with E-state index < -0.39 is 11.6 Å². The summed E-state index contributed by atoms with van der Waals surface area (Å²) >= 11 is 1.57. The topological polar surface area (TPSA) is 12.0 Å². The SMILES string of the molecule is CCCNC(C)c1ccc(-c2cc(F)cc(F)c2)s1. The summed E-state index contributed by atoms with van der Waals surface area (Å²) in [7, 11) is 0. The van der Waals surface area contributed by atoms with Crippen LogP contribution >= 0.6 is 11.3 Å². The second kappa shape index (κ2) is 6.26. The molecule has 0 aliphatic carbocycles. The molecule has 0 spiro atoms. The van der Waals surface area contributed by atoms with Crippen LogP contribution in [0.25, 0.3) is 10.4 Å². The minimum Gasteiger partial charge on any atom is -0.309 e. The van der Waals surface area contributed by atoms with Gasteiger partial charge in [0.15, 0.2) is 0 Å². The van der Waals surface area contributed by atoms with Crippen molar-refractivity contribution < 1.29 is 8.78 Å². The summed E-state index contributed by atoms with van der Waals surface area (Å²) in [6, 6.07) is 7.81. The van der Waals surface area contributed by atoms with Crippen molar-refractivity contribution in [2.45, 2.75) is 26.3 Å². The molecule has 1 unspecified atom stereocenters. The molecular formula is C15H17F2NS. The van der Waals surface area contributed by atoms with E-state index in [1.54, 1.807) is 11.3 Å². The van der Waals surface area contributed by atoms with Crippen molar-refractivity contribution in [1.29, 1.82) is 0 Å². The van der Waals surface area contributed by atoms with Gasteiger partial charge in [0.1, 0.15) is 11.6 Å². The molecule has 0 bridgehead atoms. The summed E-state index contributed by atoms with van der Waals surface area (Å²) in [5.41, 5.74) is 0.594. The van der Waals surface area contributed by atoms with Gasteiger partial charge in [-0.25, -0.2) is 8.78 Å². The molecule has 2 aromatic rings. The smallest absolute Gasteiger partial charge is 0.126 e. The lowest BCUT2D eigenvalue weighted by Crippen LogP contribution is -2.18. The van der Waals surface area contributed by atoms with Crippen molar-refractivity contribution in [2.75, 3.05) is 6.54 Å². The fraction of sp³-hybridized carbons (Fsp3) is 0.333. The van der Waals surface area contributed by atoms with E-state index in [9.17, 15) is 8.78 Å². The minimum atomic E-state index is -0.540. The predicted molar refractivity (Wildman–Crippen MR) is 76.4 cm³/mol. The first-order chi connectivity index (χ1) is 9.10. The van der Waals surface area contributed by atoms with Crippen molar-refractivity contribution in [1.82, 2.24) is 5.32 Å². The Balaban J connectivity index is 2.20. The number of rotatable bonds is 5. The van der Waals surface area contributed by atoms with Gasteiger partial charge in [0.25, 0.3) is 0 Å². The number of halogens is 2. The van der Waals surface area contributed by atoms with Gasteiger partial charge in [-0.3, -0.25) is 0 Å². The van der Waals surface area contributed by atoms with E-state index in [1.165, 1.54) is 17.0 Å². The average Bonchev–Trinajstić information content (AvgIpc) is 2.84. The van der Waals surface area contributed by atoms with E-state index in [0.29, 0.717) is 5.56 Å². The maximum atomic E-state index is 13.2. The Morgan fingerprint density at radius 3 is 2.47 bits per heavy atom. The van der Waals surface area contributed by atoms with Crippen LogP contribution in [0.2, 0.25) is 0 Å². The van der Waals surface area contributed by atoms with E-state index in [1.807, 2.05) is 12.1 Å². The van der Waals surface area contributed by atoms with Gasteiger partial charge < -0.3 is 5.32 Å². The van der Waals surface area contributed by atoms with Gasteiger partial charge in [0, 0.05) is 21.9 Å². The summed E-state index contributed by atoms with van der Waals surface area (Å²) in [5.74, 6) is -1.08. The predicted octanol–water partition coefficient (Wildman–Crippen LogP) is 4.75. The van der Waals surface area contributed by atoms with E-state index in [4.69, 9.17) is 0 Å². The monoisotopic (exact) mass is 281 g/mol. The molecule has 2 rings (SSSR count). The van der Waals surface area contributed by atoms with Gasteiger partial charge in [-0.05, 0) is 49.7 Å². The molecular weight excluding hydrogens is 264 g/mol. The maximum absolute atomic E-state index is 13.2. The van der Waals surface area contributed by atoms with Gasteiger partial charge in [-0.15, -0.1) is 11.3 Å². The van der Waals surface area contributed by atoms with Gasteiger partial charge in [-0.2, -0.15) is 0 Å². The van der Waals surface area contributed by atoms with E-state index in [-0.39, 0.29) is 6.04 Å². The molecule has 1 nitrogen and oxygen atoms in total. The van der Waals surface area contributed by atoms with E-state index >= 15 is 0 Å². The Labute approximate surface area is 116 Å². The number of thiophene rings is 1. The molecule has 0 aliphatic rings. The third-order valence-electron chi connectivity index (χ3n) is 2.90. The lowest BCUT2D eigenvalue weighted by Gasteiger charge is -2.10. The fourth-order valence-corrected chi connectivity index (χ4v) is 2.92. The van der Waals surface area contributed by atoms with Crippen LogP contribution in [-0.4, -0.2) is 6.54 Å². The molecule has 1 atom stereocenters. The molecule has 0 saturated heterocycles. The maximum Gasteiger partial charge on any atom is 0.126 e. The molecule has 1 aromatic heterocycles. The van der Waals surface area contributed by atoms with Gasteiger partial charge >= 0.3 is 0 Å². The Bertz CT molecular complexity index is 531. The van der Waals surface area contributed by atoms with E-state index in [2.05, 4.69) is 19.2 Å². The zero-order valence-corrected chi connectivity index (χ0v) is 11.9. The summed E-state index contributed by atoms with van der Waals surface area (Å²) in [4.78, 5) is 2.06. The number of hydrogen-bond acceptors (Lipinski definition) is 2. The highest BCUT2D eigenvalue weighted by molar-refractivity contribution is 7.15. The van der Waals surface area contributed by atoms with Crippen LogP contribution in [0.3, 0.4) is 0 Å². The lowest BCUT2D eigenvalue weighted by atomic mass is 10.2. The second-order valence-electron chi connectivity index (χ2n) is 4.54. The first kappa shape index (κ1) is 14.2. The minimum absolute atomic E-state index is 0.261. The highest BCUT2D eigenvalue weighted by atomic mass is 32.1. The molecule has 102 valence electrons. The normalized spacial score (nSPS) is 12.6. The van der Waals surface area contributed by atoms with Crippen molar-refractivity contribution in [3.8, 4) is 10.4 Å². The van der Waals surface area contributed by atoms with Gasteiger partial charge in [0.05, 0.1) is 0 Å². The van der Waals surface area contributed by atoms with Gasteiger partial charge in [-0.1, -0.05) is 6.92 Å². The molecule has 0 aliphatic heterocycles. The molecule has 19 heavy (non-hydrogen) atoms. The van der Waals surface area contributed by atoms with Crippen LogP contribution in [0.15, 0.2) is 30.3 Å². The Morgan fingerprint density at radius 1 is 1.16 bits per heavy atom. The molecule has 1 N–H and O–H groups in total. The van der Waals surface area contributed by atoms with Crippen LogP contribution in [0.5, 0.6) is 0 Å². The zero-order chi connectivity index (χ0) is 13.8. The fourth-order valence-electron chi connectivity index (χ4n) is 1.90. The number of hydrogen-bond donors (Lipinski definition) is 1. The van der Waals surface area contributed by atoms with E-state index in [0.717, 1.165) is 23.9 Å². The number of benzene rings is 1. The second-order valence-corrected chi connectivity index (χ2v) is 5.65. The Hall–Kier alpha value is -1.26. The van der Waals surface area contributed by atoms with Crippen LogP contribution < -0.4 is 5.32 Å². The van der Waals surface area contributed by atoms with Crippen LogP contribution in [-0.2, 0) is 0 Å². The molecule has 0 fully saturated rings. The lowest BCUT2D eigenvalue weighted by molar-refractivity contribution is 0.578. The third-order valence-corrected chi connectivity index (χ3v) is 4.22. The molecule has 1 heterocycles. The summed E-state index contributed by atoms with van der Waals surface area (Å²) in [6.07, 6.45) is 1.08. The molecule has 0 radical (unpaired) electrons.